The number of nitrogen functional groups attached to an aromatic ring is 1. The van der Waals surface area contributed by atoms with Gasteiger partial charge >= 0.3 is 6.01 Å². The lowest BCUT2D eigenvalue weighted by atomic mass is 9.88. The summed E-state index contributed by atoms with van der Waals surface area (Å²) in [6, 6.07) is 4.92. The second kappa shape index (κ2) is 9.31. The number of halogens is 1. The number of fused-ring (bicyclic) bond motifs is 3. The molecular weight excluding hydrogens is 551 g/mol. The third-order valence-electron chi connectivity index (χ3n) is 9.10. The normalized spacial score (nSPS) is 27.1. The predicted octanol–water partition coefficient (Wildman–Crippen LogP) is 2.13. The fraction of sp³-hybridized carbons (Fsp3) is 0.654. The monoisotopic (exact) mass is 582 g/mol. The first-order valence-corrected chi connectivity index (χ1v) is 15.5. The van der Waals surface area contributed by atoms with Gasteiger partial charge in [0.2, 0.25) is 11.9 Å². The van der Waals surface area contributed by atoms with E-state index in [0.29, 0.717) is 68.2 Å². The van der Waals surface area contributed by atoms with Crippen LogP contribution in [0.2, 0.25) is 0 Å². The van der Waals surface area contributed by atoms with Crippen LogP contribution in [-0.2, 0) is 10.5 Å². The molecule has 5 aliphatic rings. The molecule has 2 atom stereocenters. The molecule has 1 aliphatic carbocycles. The number of aromatic nitrogens is 3. The Morgan fingerprint density at radius 2 is 2.02 bits per heavy atom. The number of nitrogens with zero attached hydrogens (tertiary/aromatic N) is 8. The van der Waals surface area contributed by atoms with Gasteiger partial charge in [-0.3, -0.25) is 4.90 Å². The standard InChI is InChI=1S/C26H31FN10OS2/c27-16-8-25(2-1-6-36(25)10-16)15-38-23-33-21(32-22(34-23)37(7-5-28)24(12-30)3-4-24)35-13-26(14-35)19-17(9-29)20(31)40-18(19)11-39-26/h16H,1-8,10-11,13-15,28,31H2/t16-,25+/m1/s1. The summed E-state index contributed by atoms with van der Waals surface area (Å²) in [6.45, 7) is 3.65. The second-order valence-electron chi connectivity index (χ2n) is 11.6. The molecule has 7 rings (SSSR count). The SMILES string of the molecule is N#Cc1c(N)sc2c1C1(CN(c3nc(OC[C@@]45CCCN4C[C@H](F)C5)nc(N(CCN)C4(C#N)CC4)n3)C1)SC2. The molecule has 4 N–H and O–H groups in total. The fourth-order valence-corrected chi connectivity index (χ4v) is 9.74. The number of nitriles is 2. The molecule has 0 aromatic carbocycles. The second-order valence-corrected chi connectivity index (χ2v) is 14.1. The van der Waals surface area contributed by atoms with Gasteiger partial charge in [-0.25, -0.2) is 4.39 Å². The quantitative estimate of drug-likeness (QED) is 0.468. The Labute approximate surface area is 240 Å². The average molecular weight is 583 g/mol. The van der Waals surface area contributed by atoms with E-state index in [0.717, 1.165) is 43.5 Å². The average Bonchev–Trinajstić information content (AvgIpc) is 3.13. The van der Waals surface area contributed by atoms with Crippen molar-refractivity contribution in [1.82, 2.24) is 19.9 Å². The number of thioether (sulfide) groups is 1. The van der Waals surface area contributed by atoms with Gasteiger partial charge in [0.25, 0.3) is 0 Å². The third kappa shape index (κ3) is 3.91. The number of hydrogen-bond donors (Lipinski definition) is 2. The van der Waals surface area contributed by atoms with Crippen molar-refractivity contribution in [2.24, 2.45) is 5.73 Å². The van der Waals surface area contributed by atoms with Crippen LogP contribution in [0.4, 0.5) is 21.3 Å². The van der Waals surface area contributed by atoms with E-state index in [1.54, 1.807) is 0 Å². The summed E-state index contributed by atoms with van der Waals surface area (Å²) < 4.78 is 20.4. The predicted molar refractivity (Wildman–Crippen MR) is 151 cm³/mol. The zero-order valence-electron chi connectivity index (χ0n) is 22.1. The summed E-state index contributed by atoms with van der Waals surface area (Å²) in [6.07, 6.45) is 2.95. The van der Waals surface area contributed by atoms with Crippen LogP contribution in [0.15, 0.2) is 0 Å². The van der Waals surface area contributed by atoms with E-state index in [1.165, 1.54) is 16.2 Å². The first-order valence-electron chi connectivity index (χ1n) is 13.7. The molecule has 0 amide bonds. The molecule has 2 aromatic heterocycles. The van der Waals surface area contributed by atoms with Crippen LogP contribution in [0.3, 0.4) is 0 Å². The van der Waals surface area contributed by atoms with Crippen LogP contribution >= 0.6 is 23.1 Å². The van der Waals surface area contributed by atoms with E-state index >= 15 is 0 Å². The van der Waals surface area contributed by atoms with E-state index in [9.17, 15) is 14.9 Å². The maximum absolute atomic E-state index is 14.4. The number of hydrogen-bond acceptors (Lipinski definition) is 13. The highest BCUT2D eigenvalue weighted by Gasteiger charge is 2.54. The lowest BCUT2D eigenvalue weighted by Crippen LogP contribution is -2.57. The Kier molecular flexibility index (Phi) is 6.06. The van der Waals surface area contributed by atoms with E-state index in [1.807, 2.05) is 16.7 Å². The minimum absolute atomic E-state index is 0.178. The molecule has 1 saturated carbocycles. The molecular formula is C26H31FN10OS2. The summed E-state index contributed by atoms with van der Waals surface area (Å²) in [7, 11) is 0. The van der Waals surface area contributed by atoms with Crippen LogP contribution in [0.5, 0.6) is 6.01 Å². The van der Waals surface area contributed by atoms with Crippen molar-refractivity contribution in [2.45, 2.75) is 59.9 Å². The minimum Gasteiger partial charge on any atom is -0.461 e. The maximum atomic E-state index is 14.4. The molecule has 1 spiro atoms. The minimum atomic E-state index is -0.852. The van der Waals surface area contributed by atoms with Gasteiger partial charge in [-0.05, 0) is 32.2 Å². The molecule has 11 nitrogen and oxygen atoms in total. The van der Waals surface area contributed by atoms with E-state index in [-0.39, 0.29) is 16.3 Å². The first kappa shape index (κ1) is 26.0. The molecule has 4 aliphatic heterocycles. The van der Waals surface area contributed by atoms with Gasteiger partial charge in [0.15, 0.2) is 0 Å². The van der Waals surface area contributed by atoms with Crippen LogP contribution in [0.25, 0.3) is 0 Å². The lowest BCUT2D eigenvalue weighted by molar-refractivity contribution is 0.107. The summed E-state index contributed by atoms with van der Waals surface area (Å²) in [5.41, 5.74) is 12.7. The van der Waals surface area contributed by atoms with Crippen LogP contribution < -0.4 is 26.0 Å². The molecule has 40 heavy (non-hydrogen) atoms. The summed E-state index contributed by atoms with van der Waals surface area (Å²) in [5.74, 6) is 1.67. The van der Waals surface area contributed by atoms with Crippen molar-refractivity contribution in [3.63, 3.8) is 0 Å². The molecule has 14 heteroatoms. The summed E-state index contributed by atoms with van der Waals surface area (Å²) >= 11 is 3.33. The smallest absolute Gasteiger partial charge is 0.323 e. The summed E-state index contributed by atoms with van der Waals surface area (Å²) in [5, 5.41) is 20.3. The van der Waals surface area contributed by atoms with E-state index in [4.69, 9.17) is 26.2 Å². The van der Waals surface area contributed by atoms with Gasteiger partial charge in [0, 0.05) is 55.3 Å². The largest absolute Gasteiger partial charge is 0.461 e. The number of ether oxygens (including phenoxy) is 1. The molecule has 0 unspecified atom stereocenters. The highest BCUT2D eigenvalue weighted by atomic mass is 32.2. The Bertz CT molecular complexity index is 1430. The van der Waals surface area contributed by atoms with Crippen LogP contribution in [0.1, 0.15) is 48.1 Å². The maximum Gasteiger partial charge on any atom is 0.323 e. The molecule has 0 bridgehead atoms. The fourth-order valence-electron chi connectivity index (χ4n) is 6.93. The molecule has 3 saturated heterocycles. The number of nitrogens with two attached hydrogens (primary N) is 2. The van der Waals surface area contributed by atoms with E-state index in [2.05, 4.69) is 26.9 Å². The number of anilines is 3. The Morgan fingerprint density at radius 3 is 2.75 bits per heavy atom. The van der Waals surface area contributed by atoms with Crippen molar-refractivity contribution in [3.8, 4) is 18.1 Å². The zero-order chi connectivity index (χ0) is 27.7. The van der Waals surface area contributed by atoms with Crippen molar-refractivity contribution >= 4 is 40.0 Å². The third-order valence-corrected chi connectivity index (χ3v) is 11.7. The zero-order valence-corrected chi connectivity index (χ0v) is 23.7. The molecule has 2 aromatic rings. The highest BCUT2D eigenvalue weighted by molar-refractivity contribution is 8.00. The Balaban J connectivity index is 1.19. The molecule has 4 fully saturated rings. The van der Waals surface area contributed by atoms with Gasteiger partial charge in [-0.1, -0.05) is 0 Å². The molecule has 6 heterocycles. The van der Waals surface area contributed by atoms with Gasteiger partial charge in [0.05, 0.1) is 21.9 Å². The van der Waals surface area contributed by atoms with Crippen molar-refractivity contribution in [1.29, 1.82) is 10.5 Å². The van der Waals surface area contributed by atoms with Crippen molar-refractivity contribution in [2.75, 3.05) is 61.4 Å². The van der Waals surface area contributed by atoms with Crippen molar-refractivity contribution in [3.05, 3.63) is 16.0 Å². The van der Waals surface area contributed by atoms with Gasteiger partial charge in [-0.15, -0.1) is 23.1 Å². The van der Waals surface area contributed by atoms with Gasteiger partial charge in [-0.2, -0.15) is 25.5 Å². The first-order chi connectivity index (χ1) is 19.3. The van der Waals surface area contributed by atoms with Crippen LogP contribution in [-0.4, -0.2) is 83.0 Å². The Morgan fingerprint density at radius 1 is 1.20 bits per heavy atom. The highest BCUT2D eigenvalue weighted by Crippen LogP contribution is 2.58. The number of alkyl halides is 1. The van der Waals surface area contributed by atoms with Crippen LogP contribution in [0, 0.1) is 22.7 Å². The molecule has 210 valence electrons. The van der Waals surface area contributed by atoms with Gasteiger partial charge < -0.3 is 26.0 Å². The number of thiophene rings is 1. The van der Waals surface area contributed by atoms with E-state index < -0.39 is 11.7 Å². The molecule has 0 radical (unpaired) electrons. The Hall–Kier alpha value is -2.91. The summed E-state index contributed by atoms with van der Waals surface area (Å²) in [4.78, 5) is 21.5. The lowest BCUT2D eigenvalue weighted by Gasteiger charge is -2.47. The van der Waals surface area contributed by atoms with Crippen molar-refractivity contribution < 1.29 is 9.13 Å². The number of rotatable bonds is 8. The van der Waals surface area contributed by atoms with Gasteiger partial charge in [0.1, 0.15) is 29.4 Å². The topological polar surface area (TPSA) is 157 Å².